The first kappa shape index (κ1) is 17.6. The molecule has 0 radical (unpaired) electrons. The van der Waals surface area contributed by atoms with Gasteiger partial charge in [0.15, 0.2) is 0 Å². The van der Waals surface area contributed by atoms with Gasteiger partial charge in [0.05, 0.1) is 0 Å². The number of hydrazine groups is 1. The van der Waals surface area contributed by atoms with Gasteiger partial charge in [0.1, 0.15) is 5.82 Å². The Bertz CT molecular complexity index is 433. The zero-order valence-corrected chi connectivity index (χ0v) is 14.3. The summed E-state index contributed by atoms with van der Waals surface area (Å²) in [5, 5.41) is 0. The number of benzene rings is 1. The molecule has 0 fully saturated rings. The van der Waals surface area contributed by atoms with Crippen LogP contribution in [0.1, 0.15) is 32.3 Å². The molecular formula is C15H25BrFN3. The number of likely N-dealkylation sites (N-methyl/N-ethyl adjacent to an activating group) is 1. The largest absolute Gasteiger partial charge is 0.302 e. The SMILES string of the molecule is CCC(CC)(C(Cc1ccc(Br)cc1F)NN)N(C)C. The molecule has 1 aromatic carbocycles. The van der Waals surface area contributed by atoms with Crippen LogP contribution in [0.4, 0.5) is 4.39 Å². The van der Waals surface area contributed by atoms with E-state index in [1.165, 1.54) is 6.07 Å². The molecule has 0 spiro atoms. The quantitative estimate of drug-likeness (QED) is 0.589. The van der Waals surface area contributed by atoms with Gasteiger partial charge in [0, 0.05) is 16.1 Å². The highest BCUT2D eigenvalue weighted by Gasteiger charge is 2.37. The van der Waals surface area contributed by atoms with E-state index >= 15 is 0 Å². The van der Waals surface area contributed by atoms with Crippen LogP contribution in [0.5, 0.6) is 0 Å². The van der Waals surface area contributed by atoms with E-state index in [2.05, 4.69) is 54.2 Å². The maximum Gasteiger partial charge on any atom is 0.127 e. The molecule has 0 aliphatic carbocycles. The number of hydrogen-bond donors (Lipinski definition) is 2. The van der Waals surface area contributed by atoms with Crippen LogP contribution in [0, 0.1) is 5.82 Å². The molecule has 0 heterocycles. The van der Waals surface area contributed by atoms with Crippen molar-refractivity contribution >= 4 is 15.9 Å². The smallest absolute Gasteiger partial charge is 0.127 e. The van der Waals surface area contributed by atoms with Crippen LogP contribution in [0.2, 0.25) is 0 Å². The summed E-state index contributed by atoms with van der Waals surface area (Å²) in [7, 11) is 4.10. The fourth-order valence-corrected chi connectivity index (χ4v) is 3.33. The summed E-state index contributed by atoms with van der Waals surface area (Å²) >= 11 is 3.28. The first-order valence-electron chi connectivity index (χ1n) is 6.98. The summed E-state index contributed by atoms with van der Waals surface area (Å²) in [6, 6.07) is 5.16. The Labute approximate surface area is 129 Å². The number of nitrogens with zero attached hydrogens (tertiary/aromatic N) is 1. The molecule has 3 nitrogen and oxygen atoms in total. The van der Waals surface area contributed by atoms with Crippen molar-refractivity contribution in [1.29, 1.82) is 0 Å². The maximum absolute atomic E-state index is 14.0. The lowest BCUT2D eigenvalue weighted by atomic mass is 9.80. The zero-order chi connectivity index (χ0) is 15.3. The summed E-state index contributed by atoms with van der Waals surface area (Å²) in [5.74, 6) is 5.57. The van der Waals surface area contributed by atoms with Crippen LogP contribution >= 0.6 is 15.9 Å². The topological polar surface area (TPSA) is 41.3 Å². The van der Waals surface area contributed by atoms with Crippen molar-refractivity contribution in [3.05, 3.63) is 34.1 Å². The Morgan fingerprint density at radius 3 is 2.35 bits per heavy atom. The molecule has 1 rings (SSSR count). The number of rotatable bonds is 7. The highest BCUT2D eigenvalue weighted by molar-refractivity contribution is 9.10. The van der Waals surface area contributed by atoms with E-state index in [4.69, 9.17) is 5.84 Å². The number of hydrogen-bond acceptors (Lipinski definition) is 3. The van der Waals surface area contributed by atoms with E-state index in [0.717, 1.165) is 17.3 Å². The zero-order valence-electron chi connectivity index (χ0n) is 12.7. The van der Waals surface area contributed by atoms with Crippen LogP contribution < -0.4 is 11.3 Å². The lowest BCUT2D eigenvalue weighted by Gasteiger charge is -2.45. The van der Waals surface area contributed by atoms with Crippen LogP contribution in [0.25, 0.3) is 0 Å². The Morgan fingerprint density at radius 2 is 1.95 bits per heavy atom. The minimum absolute atomic E-state index is 0.0109. The van der Waals surface area contributed by atoms with Crippen molar-refractivity contribution in [2.75, 3.05) is 14.1 Å². The predicted molar refractivity (Wildman–Crippen MR) is 85.9 cm³/mol. The van der Waals surface area contributed by atoms with Gasteiger partial charge in [-0.05, 0) is 51.1 Å². The maximum atomic E-state index is 14.0. The molecule has 0 bridgehead atoms. The van der Waals surface area contributed by atoms with Gasteiger partial charge in [-0.2, -0.15) is 0 Å². The third-order valence-corrected chi connectivity index (χ3v) is 4.90. The number of nitrogens with one attached hydrogen (secondary N) is 1. The molecule has 20 heavy (non-hydrogen) atoms. The van der Waals surface area contributed by atoms with Gasteiger partial charge in [-0.3, -0.25) is 11.3 Å². The van der Waals surface area contributed by atoms with E-state index in [1.807, 2.05) is 12.1 Å². The van der Waals surface area contributed by atoms with Gasteiger partial charge in [-0.1, -0.05) is 35.8 Å². The molecule has 0 saturated heterocycles. The van der Waals surface area contributed by atoms with Crippen molar-refractivity contribution in [3.8, 4) is 0 Å². The molecule has 5 heteroatoms. The lowest BCUT2D eigenvalue weighted by molar-refractivity contribution is 0.0878. The van der Waals surface area contributed by atoms with Crippen molar-refractivity contribution < 1.29 is 4.39 Å². The molecule has 1 aromatic rings. The Balaban J connectivity index is 3.06. The molecule has 0 aliphatic rings. The summed E-state index contributed by atoms with van der Waals surface area (Å²) in [6.45, 7) is 4.29. The Morgan fingerprint density at radius 1 is 1.35 bits per heavy atom. The number of halogens is 2. The second-order valence-electron chi connectivity index (χ2n) is 5.36. The van der Waals surface area contributed by atoms with Gasteiger partial charge in [0.2, 0.25) is 0 Å². The Hall–Kier alpha value is -0.490. The average Bonchev–Trinajstić information content (AvgIpc) is 2.41. The van der Waals surface area contributed by atoms with Crippen LogP contribution in [0.15, 0.2) is 22.7 Å². The molecule has 114 valence electrons. The van der Waals surface area contributed by atoms with E-state index in [-0.39, 0.29) is 17.4 Å². The van der Waals surface area contributed by atoms with E-state index < -0.39 is 0 Å². The first-order chi connectivity index (χ1) is 9.41. The van der Waals surface area contributed by atoms with Crippen LogP contribution in [-0.4, -0.2) is 30.6 Å². The van der Waals surface area contributed by atoms with Crippen molar-refractivity contribution in [2.45, 2.75) is 44.7 Å². The average molecular weight is 346 g/mol. The van der Waals surface area contributed by atoms with E-state index in [1.54, 1.807) is 0 Å². The van der Waals surface area contributed by atoms with Crippen molar-refractivity contribution in [3.63, 3.8) is 0 Å². The summed E-state index contributed by atoms with van der Waals surface area (Å²) < 4.78 is 14.8. The summed E-state index contributed by atoms with van der Waals surface area (Å²) in [6.07, 6.45) is 2.46. The monoisotopic (exact) mass is 345 g/mol. The van der Waals surface area contributed by atoms with E-state index in [9.17, 15) is 4.39 Å². The Kier molecular flexibility index (Phi) is 6.58. The van der Waals surface area contributed by atoms with Crippen molar-refractivity contribution in [2.24, 2.45) is 5.84 Å². The molecule has 3 N–H and O–H groups in total. The fourth-order valence-electron chi connectivity index (χ4n) is 3.00. The highest BCUT2D eigenvalue weighted by Crippen LogP contribution is 2.28. The third-order valence-electron chi connectivity index (χ3n) is 4.40. The number of nitrogens with two attached hydrogens (primary N) is 1. The van der Waals surface area contributed by atoms with Gasteiger partial charge in [-0.25, -0.2) is 4.39 Å². The summed E-state index contributed by atoms with van der Waals surface area (Å²) in [5.41, 5.74) is 3.49. The fraction of sp³-hybridized carbons (Fsp3) is 0.600. The van der Waals surface area contributed by atoms with E-state index in [0.29, 0.717) is 12.0 Å². The molecule has 1 atom stereocenters. The molecular weight excluding hydrogens is 321 g/mol. The molecule has 0 amide bonds. The normalized spacial score (nSPS) is 13.8. The van der Waals surface area contributed by atoms with Crippen LogP contribution in [0.3, 0.4) is 0 Å². The molecule has 0 aliphatic heterocycles. The molecule has 0 aromatic heterocycles. The molecule has 1 unspecified atom stereocenters. The van der Waals surface area contributed by atoms with Gasteiger partial charge in [0.25, 0.3) is 0 Å². The second kappa shape index (κ2) is 7.50. The predicted octanol–water partition coefficient (Wildman–Crippen LogP) is 3.08. The summed E-state index contributed by atoms with van der Waals surface area (Å²) in [4.78, 5) is 2.19. The van der Waals surface area contributed by atoms with Gasteiger partial charge >= 0.3 is 0 Å². The highest BCUT2D eigenvalue weighted by atomic mass is 79.9. The van der Waals surface area contributed by atoms with Gasteiger partial charge < -0.3 is 4.90 Å². The lowest BCUT2D eigenvalue weighted by Crippen LogP contribution is -2.61. The minimum atomic E-state index is -0.195. The minimum Gasteiger partial charge on any atom is -0.302 e. The molecule has 0 saturated carbocycles. The van der Waals surface area contributed by atoms with Crippen LogP contribution in [-0.2, 0) is 6.42 Å². The van der Waals surface area contributed by atoms with Crippen molar-refractivity contribution in [1.82, 2.24) is 10.3 Å². The first-order valence-corrected chi connectivity index (χ1v) is 7.78. The standard InChI is InChI=1S/C15H25BrFN3/c1-5-15(6-2,20(3)4)14(19-18)9-11-7-8-12(16)10-13(11)17/h7-8,10,14,19H,5-6,9,18H2,1-4H3. The van der Waals surface area contributed by atoms with Gasteiger partial charge in [-0.15, -0.1) is 0 Å². The third kappa shape index (κ3) is 3.58. The second-order valence-corrected chi connectivity index (χ2v) is 6.28.